The first-order valence-corrected chi connectivity index (χ1v) is 8.88. The van der Waals surface area contributed by atoms with Crippen molar-refractivity contribution in [2.45, 2.75) is 26.3 Å². The molecule has 0 aliphatic carbocycles. The quantitative estimate of drug-likeness (QED) is 0.809. The molecule has 0 fully saturated rings. The summed E-state index contributed by atoms with van der Waals surface area (Å²) in [4.78, 5) is 26.8. The highest BCUT2D eigenvalue weighted by atomic mass is 16.5. The van der Waals surface area contributed by atoms with Gasteiger partial charge in [0.2, 0.25) is 0 Å². The molecule has 1 aliphatic heterocycles. The Morgan fingerprint density at radius 1 is 1.26 bits per heavy atom. The molecule has 6 nitrogen and oxygen atoms in total. The SMILES string of the molecule is COc1ccc(CCN2C(=O)C(O)=C(C(=O)C(C)C)C2c2ccco2)cc1. The van der Waals surface area contributed by atoms with Gasteiger partial charge in [-0.1, -0.05) is 26.0 Å². The Hall–Kier alpha value is -3.02. The van der Waals surface area contributed by atoms with Crippen LogP contribution in [0.3, 0.4) is 0 Å². The van der Waals surface area contributed by atoms with Crippen LogP contribution in [0.4, 0.5) is 0 Å². The van der Waals surface area contributed by atoms with Gasteiger partial charge in [0.1, 0.15) is 17.6 Å². The van der Waals surface area contributed by atoms with Gasteiger partial charge >= 0.3 is 0 Å². The number of methoxy groups -OCH3 is 1. The van der Waals surface area contributed by atoms with E-state index in [1.165, 1.54) is 11.2 Å². The molecule has 0 saturated heterocycles. The predicted molar refractivity (Wildman–Crippen MR) is 99.4 cm³/mol. The molecule has 142 valence electrons. The van der Waals surface area contributed by atoms with Crippen molar-refractivity contribution in [2.24, 2.45) is 5.92 Å². The molecule has 1 aromatic carbocycles. The summed E-state index contributed by atoms with van der Waals surface area (Å²) in [6.45, 7) is 3.83. The summed E-state index contributed by atoms with van der Waals surface area (Å²) in [7, 11) is 1.60. The van der Waals surface area contributed by atoms with Gasteiger partial charge in [0.05, 0.1) is 18.9 Å². The van der Waals surface area contributed by atoms with E-state index in [0.717, 1.165) is 11.3 Å². The van der Waals surface area contributed by atoms with Gasteiger partial charge in [-0.3, -0.25) is 9.59 Å². The minimum Gasteiger partial charge on any atom is -0.503 e. The zero-order chi connectivity index (χ0) is 19.6. The second-order valence-corrected chi connectivity index (χ2v) is 6.80. The van der Waals surface area contributed by atoms with Crippen molar-refractivity contribution in [1.82, 2.24) is 4.90 Å². The van der Waals surface area contributed by atoms with Crippen molar-refractivity contribution in [3.8, 4) is 5.75 Å². The maximum absolute atomic E-state index is 12.7. The highest BCUT2D eigenvalue weighted by Crippen LogP contribution is 2.39. The van der Waals surface area contributed by atoms with Gasteiger partial charge in [0, 0.05) is 12.5 Å². The van der Waals surface area contributed by atoms with E-state index in [-0.39, 0.29) is 17.3 Å². The zero-order valence-corrected chi connectivity index (χ0v) is 15.6. The summed E-state index contributed by atoms with van der Waals surface area (Å²) >= 11 is 0. The predicted octanol–water partition coefficient (Wildman–Crippen LogP) is 3.45. The molecule has 1 aromatic heterocycles. The number of furan rings is 1. The molecule has 3 rings (SSSR count). The van der Waals surface area contributed by atoms with Crippen molar-refractivity contribution in [1.29, 1.82) is 0 Å². The van der Waals surface area contributed by atoms with Crippen LogP contribution in [0.5, 0.6) is 5.75 Å². The molecule has 1 amide bonds. The normalized spacial score (nSPS) is 17.1. The van der Waals surface area contributed by atoms with Gasteiger partial charge in [-0.2, -0.15) is 0 Å². The number of hydrogen-bond acceptors (Lipinski definition) is 5. The number of hydrogen-bond donors (Lipinski definition) is 1. The number of Topliss-reactive ketones (excluding diaryl/α,β-unsaturated/α-hetero) is 1. The Bertz CT molecular complexity index is 849. The molecule has 1 aliphatic rings. The van der Waals surface area contributed by atoms with E-state index in [1.807, 2.05) is 24.3 Å². The molecule has 0 spiro atoms. The van der Waals surface area contributed by atoms with Gasteiger partial charge in [-0.05, 0) is 36.2 Å². The highest BCUT2D eigenvalue weighted by molar-refractivity contribution is 6.09. The first-order chi connectivity index (χ1) is 12.9. The van der Waals surface area contributed by atoms with Crippen LogP contribution in [-0.2, 0) is 16.0 Å². The molecular weight excluding hydrogens is 346 g/mol. The highest BCUT2D eigenvalue weighted by Gasteiger charge is 2.45. The summed E-state index contributed by atoms with van der Waals surface area (Å²) in [6.07, 6.45) is 2.07. The Morgan fingerprint density at radius 2 is 1.96 bits per heavy atom. The van der Waals surface area contributed by atoms with Gasteiger partial charge in [-0.25, -0.2) is 0 Å². The molecule has 0 bridgehead atoms. The van der Waals surface area contributed by atoms with Gasteiger partial charge in [-0.15, -0.1) is 0 Å². The van der Waals surface area contributed by atoms with Crippen LogP contribution >= 0.6 is 0 Å². The number of aliphatic hydroxyl groups is 1. The molecule has 1 N–H and O–H groups in total. The number of carbonyl (C=O) groups excluding carboxylic acids is 2. The average molecular weight is 369 g/mol. The third-order valence-corrected chi connectivity index (χ3v) is 4.71. The summed E-state index contributed by atoms with van der Waals surface area (Å²) in [5, 5.41) is 10.4. The van der Waals surface area contributed by atoms with Gasteiger partial charge < -0.3 is 19.2 Å². The van der Waals surface area contributed by atoms with E-state index >= 15 is 0 Å². The summed E-state index contributed by atoms with van der Waals surface area (Å²) in [5.74, 6) is -0.401. The third kappa shape index (κ3) is 3.60. The van der Waals surface area contributed by atoms with Crippen LogP contribution in [0.2, 0.25) is 0 Å². The van der Waals surface area contributed by atoms with Crippen LogP contribution in [-0.4, -0.2) is 35.4 Å². The van der Waals surface area contributed by atoms with Gasteiger partial charge in [0.15, 0.2) is 11.5 Å². The second-order valence-electron chi connectivity index (χ2n) is 6.80. The lowest BCUT2D eigenvalue weighted by molar-refractivity contribution is -0.129. The van der Waals surface area contributed by atoms with Crippen molar-refractivity contribution in [3.05, 3.63) is 65.3 Å². The van der Waals surface area contributed by atoms with E-state index in [9.17, 15) is 14.7 Å². The van der Waals surface area contributed by atoms with Crippen molar-refractivity contribution < 1.29 is 23.8 Å². The summed E-state index contributed by atoms with van der Waals surface area (Å²) in [6, 6.07) is 10.3. The third-order valence-electron chi connectivity index (χ3n) is 4.71. The standard InChI is InChI=1S/C21H23NO5/c1-13(2)19(23)17-18(16-5-4-12-27-16)22(21(25)20(17)24)11-10-14-6-8-15(26-3)9-7-14/h4-9,12-13,18,24H,10-11H2,1-3H3. The Labute approximate surface area is 158 Å². The molecule has 0 saturated carbocycles. The lowest BCUT2D eigenvalue weighted by Crippen LogP contribution is -2.33. The van der Waals surface area contributed by atoms with Crippen LogP contribution < -0.4 is 4.74 Å². The molecule has 0 radical (unpaired) electrons. The number of ether oxygens (including phenoxy) is 1. The fourth-order valence-corrected chi connectivity index (χ4v) is 3.23. The lowest BCUT2D eigenvalue weighted by atomic mass is 9.94. The maximum atomic E-state index is 12.7. The first-order valence-electron chi connectivity index (χ1n) is 8.88. The number of rotatable bonds is 7. The van der Waals surface area contributed by atoms with E-state index in [0.29, 0.717) is 18.7 Å². The smallest absolute Gasteiger partial charge is 0.290 e. The minimum atomic E-state index is -0.708. The molecule has 6 heteroatoms. The van der Waals surface area contributed by atoms with E-state index in [2.05, 4.69) is 0 Å². The number of nitrogens with zero attached hydrogens (tertiary/aromatic N) is 1. The second kappa shape index (κ2) is 7.70. The fourth-order valence-electron chi connectivity index (χ4n) is 3.23. The van der Waals surface area contributed by atoms with Crippen LogP contribution in [0.15, 0.2) is 58.4 Å². The lowest BCUT2D eigenvalue weighted by Gasteiger charge is -2.25. The number of amides is 1. The molecular formula is C21H23NO5. The minimum absolute atomic E-state index is 0.111. The van der Waals surface area contributed by atoms with Crippen molar-refractivity contribution >= 4 is 11.7 Å². The summed E-state index contributed by atoms with van der Waals surface area (Å²) < 4.78 is 10.6. The number of ketones is 1. The van der Waals surface area contributed by atoms with Crippen LogP contribution in [0.1, 0.15) is 31.2 Å². The van der Waals surface area contributed by atoms with Crippen LogP contribution in [0, 0.1) is 5.92 Å². The average Bonchev–Trinajstić information content (AvgIpc) is 3.27. The number of benzene rings is 1. The monoisotopic (exact) mass is 369 g/mol. The Morgan fingerprint density at radius 3 is 2.52 bits per heavy atom. The maximum Gasteiger partial charge on any atom is 0.290 e. The first kappa shape index (κ1) is 18.8. The largest absolute Gasteiger partial charge is 0.503 e. The zero-order valence-electron chi connectivity index (χ0n) is 15.6. The number of carbonyl (C=O) groups is 2. The van der Waals surface area contributed by atoms with Gasteiger partial charge in [0.25, 0.3) is 5.91 Å². The Kier molecular flexibility index (Phi) is 5.35. The Balaban J connectivity index is 1.87. The van der Waals surface area contributed by atoms with E-state index in [4.69, 9.17) is 9.15 Å². The molecule has 1 unspecified atom stereocenters. The fraction of sp³-hybridized carbons (Fsp3) is 0.333. The molecule has 2 aromatic rings. The molecule has 2 heterocycles. The van der Waals surface area contributed by atoms with E-state index in [1.54, 1.807) is 33.1 Å². The topological polar surface area (TPSA) is 80.0 Å². The number of aliphatic hydroxyl groups excluding tert-OH is 1. The van der Waals surface area contributed by atoms with Crippen LogP contribution in [0.25, 0.3) is 0 Å². The van der Waals surface area contributed by atoms with Crippen molar-refractivity contribution in [3.63, 3.8) is 0 Å². The summed E-state index contributed by atoms with van der Waals surface area (Å²) in [5.41, 5.74) is 1.13. The molecule has 27 heavy (non-hydrogen) atoms. The van der Waals surface area contributed by atoms with E-state index < -0.39 is 17.7 Å². The molecule has 1 atom stereocenters. The van der Waals surface area contributed by atoms with Crippen molar-refractivity contribution in [2.75, 3.05) is 13.7 Å².